The fourth-order valence-electron chi connectivity index (χ4n) is 4.56. The molecule has 3 aliphatic rings. The van der Waals surface area contributed by atoms with Crippen LogP contribution < -0.4 is 18.9 Å². The van der Waals surface area contributed by atoms with Crippen LogP contribution >= 0.6 is 0 Å². The third-order valence-corrected chi connectivity index (χ3v) is 6.21. The Morgan fingerprint density at radius 2 is 1.93 bits per heavy atom. The monoisotopic (exact) mass is 407 g/mol. The molecule has 0 atom stereocenters. The van der Waals surface area contributed by atoms with Crippen molar-refractivity contribution in [2.75, 3.05) is 21.0 Å². The van der Waals surface area contributed by atoms with Crippen LogP contribution in [0.1, 0.15) is 47.2 Å². The van der Waals surface area contributed by atoms with Crippen molar-refractivity contribution in [1.82, 2.24) is 4.90 Å². The highest BCUT2D eigenvalue weighted by Gasteiger charge is 2.35. The topological polar surface area (TPSA) is 57.2 Å². The maximum Gasteiger partial charge on any atom is 0.231 e. The second kappa shape index (κ2) is 7.69. The summed E-state index contributed by atoms with van der Waals surface area (Å²) in [7, 11) is 3.20. The lowest BCUT2D eigenvalue weighted by molar-refractivity contribution is 0.0567. The van der Waals surface area contributed by atoms with Crippen LogP contribution in [0.3, 0.4) is 0 Å². The molecule has 30 heavy (non-hydrogen) atoms. The summed E-state index contributed by atoms with van der Waals surface area (Å²) in [6.45, 7) is 1.34. The number of carbonyl (C=O) groups excluding carboxylic acids is 1. The van der Waals surface area contributed by atoms with Crippen molar-refractivity contribution in [3.63, 3.8) is 0 Å². The van der Waals surface area contributed by atoms with E-state index in [1.54, 1.807) is 32.4 Å². The van der Waals surface area contributed by atoms with Gasteiger partial charge in [0.1, 0.15) is 29.7 Å². The van der Waals surface area contributed by atoms with Crippen molar-refractivity contribution in [1.29, 1.82) is 0 Å². The van der Waals surface area contributed by atoms with Gasteiger partial charge in [0.25, 0.3) is 0 Å². The van der Waals surface area contributed by atoms with Gasteiger partial charge in [0.15, 0.2) is 5.76 Å². The molecule has 0 saturated heterocycles. The fourth-order valence-corrected chi connectivity index (χ4v) is 4.56. The molecule has 1 aliphatic carbocycles. The van der Waals surface area contributed by atoms with E-state index < -0.39 is 0 Å². The lowest BCUT2D eigenvalue weighted by atomic mass is 10.0. The Morgan fingerprint density at radius 3 is 2.70 bits per heavy atom. The van der Waals surface area contributed by atoms with Gasteiger partial charge in [-0.2, -0.15) is 0 Å². The van der Waals surface area contributed by atoms with Crippen molar-refractivity contribution < 1.29 is 23.7 Å². The number of ketones is 1. The first-order valence-electron chi connectivity index (χ1n) is 10.4. The Kier molecular flexibility index (Phi) is 4.87. The van der Waals surface area contributed by atoms with E-state index in [1.165, 1.54) is 25.7 Å². The van der Waals surface area contributed by atoms with Crippen LogP contribution in [0.25, 0.3) is 6.08 Å². The molecule has 2 heterocycles. The lowest BCUT2D eigenvalue weighted by Gasteiger charge is -2.33. The molecular formula is C24H25NO5. The van der Waals surface area contributed by atoms with Gasteiger partial charge < -0.3 is 18.9 Å². The van der Waals surface area contributed by atoms with E-state index in [1.807, 2.05) is 18.2 Å². The van der Waals surface area contributed by atoms with E-state index in [4.69, 9.17) is 18.9 Å². The van der Waals surface area contributed by atoms with Crippen molar-refractivity contribution in [3.05, 3.63) is 52.8 Å². The predicted molar refractivity (Wildman–Crippen MR) is 112 cm³/mol. The first kappa shape index (κ1) is 19.0. The molecule has 1 fully saturated rings. The average Bonchev–Trinajstić information content (AvgIpc) is 3.43. The first-order chi connectivity index (χ1) is 14.7. The summed E-state index contributed by atoms with van der Waals surface area (Å²) in [5, 5.41) is 0. The van der Waals surface area contributed by atoms with Crippen molar-refractivity contribution in [2.45, 2.75) is 38.3 Å². The normalized spacial score (nSPS) is 19.9. The molecule has 5 rings (SSSR count). The Balaban J connectivity index is 1.47. The van der Waals surface area contributed by atoms with Crippen molar-refractivity contribution >= 4 is 11.9 Å². The second-order valence-corrected chi connectivity index (χ2v) is 7.93. The number of Topliss-reactive ketones (excluding diaryl/α,β-unsaturated/α-hetero) is 1. The quantitative estimate of drug-likeness (QED) is 0.700. The molecule has 0 aromatic heterocycles. The highest BCUT2D eigenvalue weighted by molar-refractivity contribution is 6.15. The zero-order valence-corrected chi connectivity index (χ0v) is 17.3. The molecule has 0 bridgehead atoms. The third kappa shape index (κ3) is 3.21. The SMILES string of the molecule is COc1ccc(/C=C2\Oc3c(ccc4c3CN(C3CCCC3)CO4)C2=O)c(OC)c1. The maximum atomic E-state index is 13.0. The summed E-state index contributed by atoms with van der Waals surface area (Å²) in [6.07, 6.45) is 6.68. The van der Waals surface area contributed by atoms with Gasteiger partial charge in [0.05, 0.1) is 25.3 Å². The van der Waals surface area contributed by atoms with Crippen LogP contribution in [-0.2, 0) is 6.54 Å². The van der Waals surface area contributed by atoms with Crippen LogP contribution in [0, 0.1) is 0 Å². The summed E-state index contributed by atoms with van der Waals surface area (Å²) in [4.78, 5) is 15.4. The zero-order valence-electron chi connectivity index (χ0n) is 17.3. The molecule has 0 radical (unpaired) electrons. The first-order valence-corrected chi connectivity index (χ1v) is 10.4. The smallest absolute Gasteiger partial charge is 0.231 e. The molecule has 0 spiro atoms. The Labute approximate surface area is 176 Å². The number of hydrogen-bond donors (Lipinski definition) is 0. The van der Waals surface area contributed by atoms with Crippen LogP contribution in [0.4, 0.5) is 0 Å². The molecular weight excluding hydrogens is 382 g/mol. The third-order valence-electron chi connectivity index (χ3n) is 6.21. The predicted octanol–water partition coefficient (Wildman–Crippen LogP) is 4.41. The molecule has 0 amide bonds. The van der Waals surface area contributed by atoms with E-state index in [9.17, 15) is 4.79 Å². The second-order valence-electron chi connectivity index (χ2n) is 7.93. The molecule has 0 N–H and O–H groups in total. The summed E-state index contributed by atoms with van der Waals surface area (Å²) < 4.78 is 22.8. The number of rotatable bonds is 4. The maximum absolute atomic E-state index is 13.0. The highest BCUT2D eigenvalue weighted by Crippen LogP contribution is 2.43. The van der Waals surface area contributed by atoms with Crippen molar-refractivity contribution in [2.24, 2.45) is 0 Å². The molecule has 156 valence electrons. The van der Waals surface area contributed by atoms with Crippen LogP contribution in [-0.4, -0.2) is 37.7 Å². The number of allylic oxidation sites excluding steroid dienone is 1. The summed E-state index contributed by atoms with van der Waals surface area (Å²) in [6, 6.07) is 9.70. The minimum atomic E-state index is -0.122. The molecule has 1 saturated carbocycles. The van der Waals surface area contributed by atoms with E-state index in [0.29, 0.717) is 41.3 Å². The standard InChI is InChI=1S/C24H25NO5/c1-27-17-8-7-15(21(12-17)28-2)11-22-23(26)18-9-10-20-19(24(18)30-22)13-25(14-29-20)16-5-3-4-6-16/h7-12,16H,3-6,13-14H2,1-2H3/b22-11-. The molecule has 2 aromatic rings. The van der Waals surface area contributed by atoms with Gasteiger partial charge in [-0.15, -0.1) is 0 Å². The number of ether oxygens (including phenoxy) is 4. The van der Waals surface area contributed by atoms with Gasteiger partial charge in [-0.05, 0) is 43.2 Å². The minimum absolute atomic E-state index is 0.122. The van der Waals surface area contributed by atoms with Crippen LogP contribution in [0.15, 0.2) is 36.1 Å². The Hall–Kier alpha value is -2.99. The number of hydrogen-bond acceptors (Lipinski definition) is 6. The summed E-state index contributed by atoms with van der Waals surface area (Å²) >= 11 is 0. The highest BCUT2D eigenvalue weighted by atomic mass is 16.5. The van der Waals surface area contributed by atoms with Crippen LogP contribution in [0.5, 0.6) is 23.0 Å². The van der Waals surface area contributed by atoms with E-state index >= 15 is 0 Å². The zero-order chi connectivity index (χ0) is 20.7. The van der Waals surface area contributed by atoms with Gasteiger partial charge in [0, 0.05) is 24.2 Å². The van der Waals surface area contributed by atoms with Gasteiger partial charge in [-0.1, -0.05) is 12.8 Å². The largest absolute Gasteiger partial charge is 0.497 e. The molecule has 0 unspecified atom stereocenters. The minimum Gasteiger partial charge on any atom is -0.497 e. The average molecular weight is 407 g/mol. The summed E-state index contributed by atoms with van der Waals surface area (Å²) in [5.74, 6) is 2.91. The number of methoxy groups -OCH3 is 2. The van der Waals surface area contributed by atoms with E-state index in [-0.39, 0.29) is 5.78 Å². The number of nitrogens with zero attached hydrogens (tertiary/aromatic N) is 1. The Morgan fingerprint density at radius 1 is 1.10 bits per heavy atom. The number of benzene rings is 2. The van der Waals surface area contributed by atoms with E-state index in [2.05, 4.69) is 4.90 Å². The molecule has 6 heteroatoms. The number of carbonyl (C=O) groups is 1. The fraction of sp³-hybridized carbons (Fsp3) is 0.375. The lowest BCUT2D eigenvalue weighted by Crippen LogP contribution is -2.39. The van der Waals surface area contributed by atoms with E-state index in [0.717, 1.165) is 23.4 Å². The van der Waals surface area contributed by atoms with Gasteiger partial charge in [-0.3, -0.25) is 9.69 Å². The van der Waals surface area contributed by atoms with Crippen LogP contribution in [0.2, 0.25) is 0 Å². The Bertz CT molecular complexity index is 1020. The van der Waals surface area contributed by atoms with Crippen molar-refractivity contribution in [3.8, 4) is 23.0 Å². The molecule has 2 aliphatic heterocycles. The van der Waals surface area contributed by atoms with Gasteiger partial charge >= 0.3 is 0 Å². The summed E-state index contributed by atoms with van der Waals surface area (Å²) in [5.41, 5.74) is 2.31. The molecule has 2 aromatic carbocycles. The number of fused-ring (bicyclic) bond motifs is 3. The van der Waals surface area contributed by atoms with Gasteiger partial charge in [0.2, 0.25) is 5.78 Å². The van der Waals surface area contributed by atoms with Gasteiger partial charge in [-0.25, -0.2) is 0 Å². The molecule has 6 nitrogen and oxygen atoms in total.